The van der Waals surface area contributed by atoms with Gasteiger partial charge in [0.2, 0.25) is 0 Å². The van der Waals surface area contributed by atoms with Crippen molar-refractivity contribution in [3.05, 3.63) is 35.4 Å². The monoisotopic (exact) mass is 287 g/mol. The minimum Gasteiger partial charge on any atom is -0.314 e. The number of rotatable bonds is 4. The molecule has 1 aliphatic carbocycles. The van der Waals surface area contributed by atoms with Crippen LogP contribution in [-0.4, -0.2) is 12.6 Å². The minimum absolute atomic E-state index is 0.447. The van der Waals surface area contributed by atoms with Crippen LogP contribution in [0.3, 0.4) is 0 Å². The van der Waals surface area contributed by atoms with Gasteiger partial charge in [-0.25, -0.2) is 0 Å². The molecule has 21 heavy (non-hydrogen) atoms. The zero-order chi connectivity index (χ0) is 15.5. The van der Waals surface area contributed by atoms with Crippen LogP contribution in [0.15, 0.2) is 24.3 Å². The molecule has 1 aromatic rings. The van der Waals surface area contributed by atoms with E-state index in [4.69, 9.17) is 0 Å². The molecule has 1 aromatic carbocycles. The molecule has 0 aliphatic heterocycles. The molecule has 0 bridgehead atoms. The molecule has 1 N–H and O–H groups in total. The van der Waals surface area contributed by atoms with Crippen LogP contribution >= 0.6 is 0 Å². The van der Waals surface area contributed by atoms with Gasteiger partial charge in [-0.2, -0.15) is 0 Å². The predicted octanol–water partition coefficient (Wildman–Crippen LogP) is 4.98. The van der Waals surface area contributed by atoms with Gasteiger partial charge in [0.25, 0.3) is 0 Å². The first-order chi connectivity index (χ1) is 9.90. The average Bonchev–Trinajstić information content (AvgIpc) is 2.42. The van der Waals surface area contributed by atoms with E-state index in [1.165, 1.54) is 36.8 Å². The molecule has 0 amide bonds. The maximum absolute atomic E-state index is 3.74. The maximum atomic E-state index is 3.74. The van der Waals surface area contributed by atoms with Gasteiger partial charge >= 0.3 is 0 Å². The Kier molecular flexibility index (Phi) is 5.48. The summed E-state index contributed by atoms with van der Waals surface area (Å²) in [7, 11) is 0. The second kappa shape index (κ2) is 6.96. The van der Waals surface area contributed by atoms with Gasteiger partial charge in [-0.3, -0.25) is 0 Å². The van der Waals surface area contributed by atoms with Gasteiger partial charge in [-0.15, -0.1) is 0 Å². The number of benzene rings is 1. The lowest BCUT2D eigenvalue weighted by atomic mass is 9.66. The third kappa shape index (κ3) is 4.57. The Morgan fingerprint density at radius 3 is 2.33 bits per heavy atom. The summed E-state index contributed by atoms with van der Waals surface area (Å²) in [6.45, 7) is 12.7. The quantitative estimate of drug-likeness (QED) is 0.823. The molecule has 0 heterocycles. The fourth-order valence-corrected chi connectivity index (χ4v) is 3.83. The smallest absolute Gasteiger partial charge is 0.00985 e. The molecule has 2 rings (SSSR count). The maximum Gasteiger partial charge on any atom is 0.00985 e. The van der Waals surface area contributed by atoms with Gasteiger partial charge < -0.3 is 5.32 Å². The van der Waals surface area contributed by atoms with Crippen LogP contribution in [0, 0.1) is 24.2 Å². The Hall–Kier alpha value is -0.820. The number of hydrogen-bond donors (Lipinski definition) is 1. The second-order valence-electron chi connectivity index (χ2n) is 7.99. The standard InChI is InChI=1S/C20H33N/c1-6-21-19-12-11-18(20(3,4)5)14-17(19)13-16-9-7-15(2)8-10-16/h7-10,17-19,21H,6,11-14H2,1-5H3. The summed E-state index contributed by atoms with van der Waals surface area (Å²) < 4.78 is 0. The Morgan fingerprint density at radius 1 is 1.10 bits per heavy atom. The summed E-state index contributed by atoms with van der Waals surface area (Å²) in [5.41, 5.74) is 3.31. The highest BCUT2D eigenvalue weighted by molar-refractivity contribution is 5.22. The van der Waals surface area contributed by atoms with E-state index >= 15 is 0 Å². The Morgan fingerprint density at radius 2 is 1.76 bits per heavy atom. The molecule has 1 saturated carbocycles. The molecule has 1 heteroatoms. The summed E-state index contributed by atoms with van der Waals surface area (Å²) in [6, 6.07) is 9.84. The van der Waals surface area contributed by atoms with E-state index in [0.29, 0.717) is 11.5 Å². The SMILES string of the molecule is CCNC1CCC(C(C)(C)C)CC1Cc1ccc(C)cc1. The van der Waals surface area contributed by atoms with Crippen LogP contribution in [-0.2, 0) is 6.42 Å². The Labute approximate surface area is 131 Å². The van der Waals surface area contributed by atoms with Crippen molar-refractivity contribution >= 4 is 0 Å². The van der Waals surface area contributed by atoms with Gasteiger partial charge in [0, 0.05) is 6.04 Å². The second-order valence-corrected chi connectivity index (χ2v) is 7.99. The third-order valence-electron chi connectivity index (χ3n) is 5.29. The lowest BCUT2D eigenvalue weighted by Crippen LogP contribution is -2.43. The zero-order valence-electron chi connectivity index (χ0n) is 14.6. The molecule has 0 radical (unpaired) electrons. The van der Waals surface area contributed by atoms with Gasteiger partial charge in [0.15, 0.2) is 0 Å². The molecule has 0 aromatic heterocycles. The predicted molar refractivity (Wildman–Crippen MR) is 92.6 cm³/mol. The molecule has 0 saturated heterocycles. The fourth-order valence-electron chi connectivity index (χ4n) is 3.83. The highest BCUT2D eigenvalue weighted by Crippen LogP contribution is 2.41. The topological polar surface area (TPSA) is 12.0 Å². The largest absolute Gasteiger partial charge is 0.314 e. The molecular formula is C20H33N. The van der Waals surface area contributed by atoms with E-state index in [-0.39, 0.29) is 0 Å². The normalized spacial score (nSPS) is 26.8. The fraction of sp³-hybridized carbons (Fsp3) is 0.700. The third-order valence-corrected chi connectivity index (χ3v) is 5.29. The van der Waals surface area contributed by atoms with Crippen LogP contribution in [0.25, 0.3) is 0 Å². The molecule has 1 fully saturated rings. The number of nitrogens with one attached hydrogen (secondary N) is 1. The van der Waals surface area contributed by atoms with Gasteiger partial charge in [0.1, 0.15) is 0 Å². The Balaban J connectivity index is 2.08. The van der Waals surface area contributed by atoms with Crippen molar-refractivity contribution in [3.8, 4) is 0 Å². The van der Waals surface area contributed by atoms with E-state index in [0.717, 1.165) is 18.4 Å². The molecule has 118 valence electrons. The van der Waals surface area contributed by atoms with Crippen LogP contribution in [0.5, 0.6) is 0 Å². The van der Waals surface area contributed by atoms with Crippen molar-refractivity contribution in [2.75, 3.05) is 6.54 Å². The summed E-state index contributed by atoms with van der Waals surface area (Å²) >= 11 is 0. The van der Waals surface area contributed by atoms with Crippen LogP contribution in [0.2, 0.25) is 0 Å². The van der Waals surface area contributed by atoms with E-state index in [1.807, 2.05) is 0 Å². The summed E-state index contributed by atoms with van der Waals surface area (Å²) in [5, 5.41) is 3.74. The van der Waals surface area contributed by atoms with Crippen molar-refractivity contribution in [3.63, 3.8) is 0 Å². The Bertz CT molecular complexity index is 426. The van der Waals surface area contributed by atoms with Crippen molar-refractivity contribution in [1.29, 1.82) is 0 Å². The van der Waals surface area contributed by atoms with Crippen molar-refractivity contribution < 1.29 is 0 Å². The number of aryl methyl sites for hydroxylation is 1. The van der Waals surface area contributed by atoms with E-state index in [1.54, 1.807) is 0 Å². The zero-order valence-corrected chi connectivity index (χ0v) is 14.6. The van der Waals surface area contributed by atoms with Crippen LogP contribution in [0.1, 0.15) is 58.1 Å². The molecule has 1 nitrogen and oxygen atoms in total. The highest BCUT2D eigenvalue weighted by Gasteiger charge is 2.35. The first kappa shape index (κ1) is 16.5. The summed E-state index contributed by atoms with van der Waals surface area (Å²) in [5.74, 6) is 1.65. The van der Waals surface area contributed by atoms with Gasteiger partial charge in [-0.05, 0) is 62.0 Å². The molecule has 3 atom stereocenters. The van der Waals surface area contributed by atoms with Gasteiger partial charge in [0.05, 0.1) is 0 Å². The molecule has 1 aliphatic rings. The van der Waals surface area contributed by atoms with Crippen molar-refractivity contribution in [2.45, 2.75) is 66.3 Å². The van der Waals surface area contributed by atoms with Crippen LogP contribution < -0.4 is 5.32 Å². The minimum atomic E-state index is 0.447. The summed E-state index contributed by atoms with van der Waals surface area (Å²) in [4.78, 5) is 0. The van der Waals surface area contributed by atoms with Gasteiger partial charge in [-0.1, -0.05) is 57.5 Å². The highest BCUT2D eigenvalue weighted by atomic mass is 14.9. The first-order valence-corrected chi connectivity index (χ1v) is 8.69. The molecule has 3 unspecified atom stereocenters. The van der Waals surface area contributed by atoms with E-state index < -0.39 is 0 Å². The van der Waals surface area contributed by atoms with Crippen molar-refractivity contribution in [2.24, 2.45) is 17.3 Å². The van der Waals surface area contributed by atoms with E-state index in [9.17, 15) is 0 Å². The van der Waals surface area contributed by atoms with Crippen molar-refractivity contribution in [1.82, 2.24) is 5.32 Å². The average molecular weight is 287 g/mol. The van der Waals surface area contributed by atoms with Crippen LogP contribution in [0.4, 0.5) is 0 Å². The first-order valence-electron chi connectivity index (χ1n) is 8.69. The number of hydrogen-bond acceptors (Lipinski definition) is 1. The lowest BCUT2D eigenvalue weighted by Gasteiger charge is -2.42. The lowest BCUT2D eigenvalue weighted by molar-refractivity contribution is 0.114. The molecule has 0 spiro atoms. The van der Waals surface area contributed by atoms with E-state index in [2.05, 4.69) is 64.2 Å². The molecular weight excluding hydrogens is 254 g/mol. The summed E-state index contributed by atoms with van der Waals surface area (Å²) in [6.07, 6.45) is 5.32.